The predicted molar refractivity (Wildman–Crippen MR) is 44.0 cm³/mol. The van der Waals surface area contributed by atoms with E-state index in [0.717, 1.165) is 12.1 Å². The standard InChI is InChI=1S/C8H7NO4/c1-4(10)5-2-6(8(12)13)9-7(11)3-5/h2-3H,1H3,(H,9,11)(H,12,13). The van der Waals surface area contributed by atoms with Gasteiger partial charge in [-0.1, -0.05) is 0 Å². The molecule has 1 aromatic rings. The molecule has 0 saturated carbocycles. The molecule has 2 N–H and O–H groups in total. The Bertz CT molecular complexity index is 383. The van der Waals surface area contributed by atoms with Crippen molar-refractivity contribution in [1.82, 2.24) is 4.98 Å². The molecule has 0 fully saturated rings. The lowest BCUT2D eigenvalue weighted by atomic mass is 10.1. The molecule has 68 valence electrons. The Labute approximate surface area is 73.0 Å². The molecule has 0 spiro atoms. The number of H-pyrrole nitrogens is 1. The second-order valence-corrected chi connectivity index (χ2v) is 2.51. The summed E-state index contributed by atoms with van der Waals surface area (Å²) < 4.78 is 0. The van der Waals surface area contributed by atoms with Crippen LogP contribution in [0.4, 0.5) is 0 Å². The van der Waals surface area contributed by atoms with Crippen LogP contribution in [0.3, 0.4) is 0 Å². The van der Waals surface area contributed by atoms with Gasteiger partial charge in [0.25, 0.3) is 0 Å². The highest BCUT2D eigenvalue weighted by Gasteiger charge is 2.07. The Balaban J connectivity index is 3.35. The number of aromatic nitrogens is 1. The molecule has 0 aliphatic carbocycles. The molecule has 0 saturated heterocycles. The first-order valence-electron chi connectivity index (χ1n) is 3.49. The molecule has 0 aliphatic rings. The van der Waals surface area contributed by atoms with Crippen molar-refractivity contribution >= 4 is 11.8 Å². The highest BCUT2D eigenvalue weighted by molar-refractivity contribution is 5.96. The summed E-state index contributed by atoms with van der Waals surface area (Å²) in [6, 6.07) is 2.20. The van der Waals surface area contributed by atoms with Gasteiger partial charge in [0.05, 0.1) is 0 Å². The number of aromatic carboxylic acids is 1. The monoisotopic (exact) mass is 181 g/mol. The number of aromatic amines is 1. The molecule has 0 amide bonds. The summed E-state index contributed by atoms with van der Waals surface area (Å²) in [7, 11) is 0. The molecule has 1 aromatic heterocycles. The fraction of sp³-hybridized carbons (Fsp3) is 0.125. The SMILES string of the molecule is CC(=O)c1cc(C(=O)O)[nH]c(=O)c1. The first kappa shape index (κ1) is 9.18. The van der Waals surface area contributed by atoms with Gasteiger partial charge in [-0.15, -0.1) is 0 Å². The topological polar surface area (TPSA) is 87.2 Å². The number of pyridine rings is 1. The maximum atomic E-state index is 10.8. The van der Waals surface area contributed by atoms with Crippen LogP contribution in [0.25, 0.3) is 0 Å². The predicted octanol–water partition coefficient (Wildman–Crippen LogP) is 0.276. The van der Waals surface area contributed by atoms with Gasteiger partial charge in [0, 0.05) is 11.6 Å². The van der Waals surface area contributed by atoms with Gasteiger partial charge in [0.2, 0.25) is 5.56 Å². The van der Waals surface area contributed by atoms with E-state index in [0.29, 0.717) is 0 Å². The van der Waals surface area contributed by atoms with E-state index in [2.05, 4.69) is 4.98 Å². The van der Waals surface area contributed by atoms with Crippen LogP contribution in [-0.2, 0) is 0 Å². The lowest BCUT2D eigenvalue weighted by Gasteiger charge is -1.96. The number of carbonyl (C=O) groups excluding carboxylic acids is 1. The van der Waals surface area contributed by atoms with E-state index in [-0.39, 0.29) is 17.0 Å². The fourth-order valence-electron chi connectivity index (χ4n) is 0.862. The Hall–Kier alpha value is -1.91. The number of nitrogens with one attached hydrogen (secondary N) is 1. The normalized spacial score (nSPS) is 9.62. The van der Waals surface area contributed by atoms with Crippen LogP contribution in [-0.4, -0.2) is 21.8 Å². The van der Waals surface area contributed by atoms with Crippen LogP contribution in [0.2, 0.25) is 0 Å². The lowest BCUT2D eigenvalue weighted by Crippen LogP contribution is -2.14. The van der Waals surface area contributed by atoms with Gasteiger partial charge in [0.1, 0.15) is 5.69 Å². The van der Waals surface area contributed by atoms with E-state index in [1.165, 1.54) is 6.92 Å². The van der Waals surface area contributed by atoms with Crippen molar-refractivity contribution in [3.05, 3.63) is 33.7 Å². The number of rotatable bonds is 2. The molecule has 0 aliphatic heterocycles. The highest BCUT2D eigenvalue weighted by atomic mass is 16.4. The van der Waals surface area contributed by atoms with Crippen molar-refractivity contribution in [3.8, 4) is 0 Å². The van der Waals surface area contributed by atoms with Crippen LogP contribution < -0.4 is 5.56 Å². The molecule has 5 nitrogen and oxygen atoms in total. The number of ketones is 1. The zero-order valence-corrected chi connectivity index (χ0v) is 6.83. The highest BCUT2D eigenvalue weighted by Crippen LogP contribution is 1.99. The number of carboxylic acid groups (broad SMARTS) is 1. The van der Waals surface area contributed by atoms with E-state index in [1.807, 2.05) is 0 Å². The van der Waals surface area contributed by atoms with Crippen molar-refractivity contribution in [2.75, 3.05) is 0 Å². The zero-order chi connectivity index (χ0) is 10.0. The molecule has 0 unspecified atom stereocenters. The number of carbonyl (C=O) groups is 2. The van der Waals surface area contributed by atoms with Crippen molar-refractivity contribution < 1.29 is 14.7 Å². The van der Waals surface area contributed by atoms with Crippen LogP contribution >= 0.6 is 0 Å². The van der Waals surface area contributed by atoms with Gasteiger partial charge in [-0.2, -0.15) is 0 Å². The molecule has 0 aromatic carbocycles. The van der Waals surface area contributed by atoms with Crippen molar-refractivity contribution in [2.24, 2.45) is 0 Å². The first-order valence-corrected chi connectivity index (χ1v) is 3.49. The third-order valence-corrected chi connectivity index (χ3v) is 1.48. The van der Waals surface area contributed by atoms with E-state index in [9.17, 15) is 14.4 Å². The van der Waals surface area contributed by atoms with Gasteiger partial charge in [-0.05, 0) is 13.0 Å². The van der Waals surface area contributed by atoms with Crippen LogP contribution in [0.15, 0.2) is 16.9 Å². The molecule has 1 heterocycles. The summed E-state index contributed by atoms with van der Waals surface area (Å²) >= 11 is 0. The molecular formula is C8H7NO4. The van der Waals surface area contributed by atoms with Crippen molar-refractivity contribution in [3.63, 3.8) is 0 Å². The molecule has 0 atom stereocenters. The summed E-state index contributed by atoms with van der Waals surface area (Å²) in [4.78, 5) is 34.2. The Morgan fingerprint density at radius 3 is 2.46 bits per heavy atom. The Morgan fingerprint density at radius 1 is 1.38 bits per heavy atom. The molecule has 5 heteroatoms. The van der Waals surface area contributed by atoms with Gasteiger partial charge in [-0.25, -0.2) is 4.79 Å². The van der Waals surface area contributed by atoms with Gasteiger partial charge in [0.15, 0.2) is 5.78 Å². The Kier molecular flexibility index (Phi) is 2.27. The van der Waals surface area contributed by atoms with Crippen LogP contribution in [0, 0.1) is 0 Å². The second-order valence-electron chi connectivity index (χ2n) is 2.51. The van der Waals surface area contributed by atoms with Gasteiger partial charge in [-0.3, -0.25) is 9.59 Å². The van der Waals surface area contributed by atoms with E-state index in [4.69, 9.17) is 5.11 Å². The smallest absolute Gasteiger partial charge is 0.352 e. The molecule has 1 rings (SSSR count). The minimum Gasteiger partial charge on any atom is -0.477 e. The average Bonchev–Trinajstić information content (AvgIpc) is 2.03. The first-order chi connectivity index (χ1) is 6.00. The summed E-state index contributed by atoms with van der Waals surface area (Å²) in [6.45, 7) is 1.26. The number of hydrogen-bond acceptors (Lipinski definition) is 3. The molecule has 0 bridgehead atoms. The van der Waals surface area contributed by atoms with Gasteiger partial charge >= 0.3 is 5.97 Å². The third kappa shape index (κ3) is 2.02. The van der Waals surface area contributed by atoms with Crippen LogP contribution in [0.1, 0.15) is 27.8 Å². The summed E-state index contributed by atoms with van der Waals surface area (Å²) in [5.74, 6) is -1.60. The summed E-state index contributed by atoms with van der Waals surface area (Å²) in [6.07, 6.45) is 0. The molecule has 0 radical (unpaired) electrons. The number of carboxylic acids is 1. The van der Waals surface area contributed by atoms with Crippen LogP contribution in [0.5, 0.6) is 0 Å². The fourth-order valence-corrected chi connectivity index (χ4v) is 0.862. The number of Topliss-reactive ketones (excluding diaryl/α,β-unsaturated/α-hetero) is 1. The zero-order valence-electron chi connectivity index (χ0n) is 6.83. The van der Waals surface area contributed by atoms with Crippen molar-refractivity contribution in [1.29, 1.82) is 0 Å². The number of hydrogen-bond donors (Lipinski definition) is 2. The second kappa shape index (κ2) is 3.22. The Morgan fingerprint density at radius 2 is 2.00 bits per heavy atom. The lowest BCUT2D eigenvalue weighted by molar-refractivity contribution is 0.0690. The largest absolute Gasteiger partial charge is 0.477 e. The summed E-state index contributed by atoms with van der Waals surface area (Å²) in [5.41, 5.74) is -0.774. The summed E-state index contributed by atoms with van der Waals surface area (Å²) in [5, 5.41) is 8.53. The van der Waals surface area contributed by atoms with E-state index >= 15 is 0 Å². The quantitative estimate of drug-likeness (QED) is 0.641. The van der Waals surface area contributed by atoms with Crippen molar-refractivity contribution in [2.45, 2.75) is 6.92 Å². The third-order valence-electron chi connectivity index (χ3n) is 1.48. The maximum Gasteiger partial charge on any atom is 0.352 e. The van der Waals surface area contributed by atoms with E-state index in [1.54, 1.807) is 0 Å². The average molecular weight is 181 g/mol. The van der Waals surface area contributed by atoms with Gasteiger partial charge < -0.3 is 10.1 Å². The minimum atomic E-state index is -1.26. The van der Waals surface area contributed by atoms with E-state index < -0.39 is 11.5 Å². The minimum absolute atomic E-state index is 0.0983. The molecular weight excluding hydrogens is 174 g/mol. The molecule has 13 heavy (non-hydrogen) atoms. The maximum absolute atomic E-state index is 10.8.